The van der Waals surface area contributed by atoms with Crippen molar-refractivity contribution in [1.29, 1.82) is 0 Å². The number of hydrogen-bond donors (Lipinski definition) is 1. The van der Waals surface area contributed by atoms with Crippen molar-refractivity contribution >= 4 is 0 Å². The molecule has 0 saturated carbocycles. The lowest BCUT2D eigenvalue weighted by Crippen LogP contribution is -2.13. The fraction of sp³-hybridized carbons (Fsp3) is 0.250. The van der Waals surface area contributed by atoms with Crippen LogP contribution in [0.25, 0.3) is 0 Å². The number of aryl methyl sites for hydroxylation is 1. The maximum absolute atomic E-state index is 5.33. The Balaban J connectivity index is 1.92. The van der Waals surface area contributed by atoms with Crippen LogP contribution in [0.15, 0.2) is 48.5 Å². The molecule has 0 heterocycles. The van der Waals surface area contributed by atoms with Gasteiger partial charge in [0.1, 0.15) is 5.75 Å². The van der Waals surface area contributed by atoms with Gasteiger partial charge in [-0.25, -0.2) is 0 Å². The van der Waals surface area contributed by atoms with Gasteiger partial charge in [-0.1, -0.05) is 48.0 Å². The molecule has 0 aliphatic carbocycles. The van der Waals surface area contributed by atoms with Crippen LogP contribution in [-0.4, -0.2) is 7.11 Å². The molecule has 0 fully saturated rings. The predicted molar refractivity (Wildman–Crippen MR) is 74.7 cm³/mol. The quantitative estimate of drug-likeness (QED) is 0.867. The van der Waals surface area contributed by atoms with Gasteiger partial charge in [0, 0.05) is 18.7 Å². The maximum atomic E-state index is 5.33. The minimum atomic E-state index is 0.817. The van der Waals surface area contributed by atoms with E-state index in [-0.39, 0.29) is 0 Å². The highest BCUT2D eigenvalue weighted by molar-refractivity contribution is 5.33. The Morgan fingerprint density at radius 1 is 1.00 bits per heavy atom. The van der Waals surface area contributed by atoms with Crippen molar-refractivity contribution in [3.05, 3.63) is 65.2 Å². The summed E-state index contributed by atoms with van der Waals surface area (Å²) in [5.41, 5.74) is 3.80. The van der Waals surface area contributed by atoms with Gasteiger partial charge in [0.05, 0.1) is 7.11 Å². The highest BCUT2D eigenvalue weighted by atomic mass is 16.5. The Kier molecular flexibility index (Phi) is 4.37. The van der Waals surface area contributed by atoms with Crippen molar-refractivity contribution in [3.8, 4) is 5.75 Å². The first-order valence-electron chi connectivity index (χ1n) is 6.18. The summed E-state index contributed by atoms with van der Waals surface area (Å²) in [6, 6.07) is 16.7. The summed E-state index contributed by atoms with van der Waals surface area (Å²) in [6.07, 6.45) is 0. The Bertz CT molecular complexity index is 508. The molecule has 0 unspecified atom stereocenters. The third kappa shape index (κ3) is 3.34. The summed E-state index contributed by atoms with van der Waals surface area (Å²) in [4.78, 5) is 0. The van der Waals surface area contributed by atoms with Crippen LogP contribution in [0.5, 0.6) is 5.75 Å². The molecule has 0 radical (unpaired) electrons. The van der Waals surface area contributed by atoms with E-state index in [2.05, 4.69) is 42.6 Å². The second-order valence-electron chi connectivity index (χ2n) is 4.40. The number of rotatable bonds is 5. The lowest BCUT2D eigenvalue weighted by atomic mass is 10.1. The van der Waals surface area contributed by atoms with Crippen LogP contribution in [0.2, 0.25) is 0 Å². The van der Waals surface area contributed by atoms with Crippen LogP contribution in [0.1, 0.15) is 16.7 Å². The van der Waals surface area contributed by atoms with E-state index >= 15 is 0 Å². The first-order valence-corrected chi connectivity index (χ1v) is 6.18. The second-order valence-corrected chi connectivity index (χ2v) is 4.40. The van der Waals surface area contributed by atoms with Gasteiger partial charge in [-0.2, -0.15) is 0 Å². The standard InChI is InChI=1S/C16H19NO/c1-13-6-5-7-14(10-13)11-17-12-15-8-3-4-9-16(15)18-2/h3-10,17H,11-12H2,1-2H3. The number of nitrogens with one attached hydrogen (secondary N) is 1. The topological polar surface area (TPSA) is 21.3 Å². The van der Waals surface area contributed by atoms with Crippen molar-refractivity contribution in [2.45, 2.75) is 20.0 Å². The normalized spacial score (nSPS) is 10.3. The van der Waals surface area contributed by atoms with Gasteiger partial charge in [0.15, 0.2) is 0 Å². The molecule has 0 saturated heterocycles. The zero-order valence-electron chi connectivity index (χ0n) is 10.9. The molecule has 2 heteroatoms. The summed E-state index contributed by atoms with van der Waals surface area (Å²) in [5, 5.41) is 3.44. The third-order valence-corrected chi connectivity index (χ3v) is 2.92. The molecule has 2 rings (SSSR count). The number of para-hydroxylation sites is 1. The smallest absolute Gasteiger partial charge is 0.123 e. The zero-order valence-corrected chi connectivity index (χ0v) is 10.9. The summed E-state index contributed by atoms with van der Waals surface area (Å²) in [7, 11) is 1.71. The van der Waals surface area contributed by atoms with Gasteiger partial charge in [0.25, 0.3) is 0 Å². The molecular formula is C16H19NO. The Morgan fingerprint density at radius 2 is 1.83 bits per heavy atom. The molecule has 94 valence electrons. The fourth-order valence-electron chi connectivity index (χ4n) is 2.01. The molecule has 0 aromatic heterocycles. The van der Waals surface area contributed by atoms with E-state index in [9.17, 15) is 0 Å². The average Bonchev–Trinajstić information content (AvgIpc) is 2.39. The van der Waals surface area contributed by atoms with E-state index in [4.69, 9.17) is 4.74 Å². The second kappa shape index (κ2) is 6.22. The molecule has 0 aliphatic rings. The minimum Gasteiger partial charge on any atom is -0.496 e. The van der Waals surface area contributed by atoms with E-state index in [1.54, 1.807) is 7.11 Å². The van der Waals surface area contributed by atoms with E-state index in [0.29, 0.717) is 0 Å². The van der Waals surface area contributed by atoms with E-state index in [1.807, 2.05) is 18.2 Å². The SMILES string of the molecule is COc1ccccc1CNCc1cccc(C)c1. The van der Waals surface area contributed by atoms with Crippen LogP contribution >= 0.6 is 0 Å². The van der Waals surface area contributed by atoms with Gasteiger partial charge in [-0.3, -0.25) is 0 Å². The molecule has 0 atom stereocenters. The van der Waals surface area contributed by atoms with Crippen LogP contribution in [-0.2, 0) is 13.1 Å². The largest absolute Gasteiger partial charge is 0.496 e. The van der Waals surface area contributed by atoms with Crippen molar-refractivity contribution in [3.63, 3.8) is 0 Å². The first-order chi connectivity index (χ1) is 8.79. The highest BCUT2D eigenvalue weighted by Gasteiger charge is 2.00. The van der Waals surface area contributed by atoms with Gasteiger partial charge < -0.3 is 10.1 Å². The Hall–Kier alpha value is -1.80. The van der Waals surface area contributed by atoms with Gasteiger partial charge in [-0.15, -0.1) is 0 Å². The number of hydrogen-bond acceptors (Lipinski definition) is 2. The Labute approximate surface area is 109 Å². The van der Waals surface area contributed by atoms with E-state index in [1.165, 1.54) is 16.7 Å². The molecule has 18 heavy (non-hydrogen) atoms. The van der Waals surface area contributed by atoms with Crippen LogP contribution in [0.3, 0.4) is 0 Å². The molecule has 0 aliphatic heterocycles. The van der Waals surface area contributed by atoms with Crippen molar-refractivity contribution in [2.24, 2.45) is 0 Å². The monoisotopic (exact) mass is 241 g/mol. The molecule has 0 spiro atoms. The minimum absolute atomic E-state index is 0.817. The number of ether oxygens (including phenoxy) is 1. The van der Waals surface area contributed by atoms with Gasteiger partial charge in [-0.05, 0) is 18.6 Å². The van der Waals surface area contributed by atoms with E-state index < -0.39 is 0 Å². The molecular weight excluding hydrogens is 222 g/mol. The lowest BCUT2D eigenvalue weighted by molar-refractivity contribution is 0.407. The molecule has 1 N–H and O–H groups in total. The zero-order chi connectivity index (χ0) is 12.8. The van der Waals surface area contributed by atoms with Crippen molar-refractivity contribution < 1.29 is 4.74 Å². The average molecular weight is 241 g/mol. The van der Waals surface area contributed by atoms with Gasteiger partial charge >= 0.3 is 0 Å². The number of methoxy groups -OCH3 is 1. The molecule has 0 amide bonds. The van der Waals surface area contributed by atoms with E-state index in [0.717, 1.165) is 18.8 Å². The summed E-state index contributed by atoms with van der Waals surface area (Å²) < 4.78 is 5.33. The van der Waals surface area contributed by atoms with Gasteiger partial charge in [0.2, 0.25) is 0 Å². The molecule has 2 aromatic rings. The summed E-state index contributed by atoms with van der Waals surface area (Å²) >= 11 is 0. The molecule has 0 bridgehead atoms. The van der Waals surface area contributed by atoms with Crippen LogP contribution in [0, 0.1) is 6.92 Å². The fourth-order valence-corrected chi connectivity index (χ4v) is 2.01. The highest BCUT2D eigenvalue weighted by Crippen LogP contribution is 2.16. The first kappa shape index (κ1) is 12.7. The predicted octanol–water partition coefficient (Wildman–Crippen LogP) is 3.29. The Morgan fingerprint density at radius 3 is 2.61 bits per heavy atom. The summed E-state index contributed by atoms with van der Waals surface area (Å²) in [5.74, 6) is 0.939. The lowest BCUT2D eigenvalue weighted by Gasteiger charge is -2.09. The maximum Gasteiger partial charge on any atom is 0.123 e. The summed E-state index contributed by atoms with van der Waals surface area (Å²) in [6.45, 7) is 3.81. The molecule has 2 aromatic carbocycles. The van der Waals surface area contributed by atoms with Crippen molar-refractivity contribution in [1.82, 2.24) is 5.32 Å². The van der Waals surface area contributed by atoms with Crippen LogP contribution < -0.4 is 10.1 Å². The van der Waals surface area contributed by atoms with Crippen LogP contribution in [0.4, 0.5) is 0 Å². The molecule has 2 nitrogen and oxygen atoms in total. The van der Waals surface area contributed by atoms with Crippen molar-refractivity contribution in [2.75, 3.05) is 7.11 Å². The number of benzene rings is 2. The third-order valence-electron chi connectivity index (χ3n) is 2.92.